The van der Waals surface area contributed by atoms with Gasteiger partial charge in [0, 0.05) is 26.2 Å². The van der Waals surface area contributed by atoms with E-state index in [-0.39, 0.29) is 6.10 Å². The Morgan fingerprint density at radius 1 is 1.39 bits per heavy atom. The second kappa shape index (κ2) is 7.16. The van der Waals surface area contributed by atoms with Crippen LogP contribution in [-0.2, 0) is 4.74 Å². The SMILES string of the molecule is CCNc1cc(N(C)CCOC(C)C)nc(C)n1. The summed E-state index contributed by atoms with van der Waals surface area (Å²) in [6.07, 6.45) is 0.267. The van der Waals surface area contributed by atoms with Crippen molar-refractivity contribution in [2.45, 2.75) is 33.8 Å². The number of rotatable bonds is 7. The van der Waals surface area contributed by atoms with Crippen LogP contribution < -0.4 is 10.2 Å². The Bertz CT molecular complexity index is 368. The topological polar surface area (TPSA) is 50.3 Å². The zero-order chi connectivity index (χ0) is 13.5. The largest absolute Gasteiger partial charge is 0.377 e. The van der Waals surface area contributed by atoms with Gasteiger partial charge in [-0.05, 0) is 27.7 Å². The minimum atomic E-state index is 0.267. The summed E-state index contributed by atoms with van der Waals surface area (Å²) in [4.78, 5) is 10.8. The fourth-order valence-electron chi connectivity index (χ4n) is 1.56. The lowest BCUT2D eigenvalue weighted by Crippen LogP contribution is -2.25. The van der Waals surface area contributed by atoms with E-state index in [1.54, 1.807) is 0 Å². The van der Waals surface area contributed by atoms with Gasteiger partial charge >= 0.3 is 0 Å². The molecule has 0 spiro atoms. The van der Waals surface area contributed by atoms with E-state index in [9.17, 15) is 0 Å². The van der Waals surface area contributed by atoms with Crippen molar-refractivity contribution in [3.8, 4) is 0 Å². The zero-order valence-corrected chi connectivity index (χ0v) is 12.0. The second-order valence-corrected chi connectivity index (χ2v) is 4.53. The summed E-state index contributed by atoms with van der Waals surface area (Å²) in [5.41, 5.74) is 0. The van der Waals surface area contributed by atoms with Gasteiger partial charge in [0.2, 0.25) is 0 Å². The molecule has 0 aliphatic rings. The Balaban J connectivity index is 2.63. The van der Waals surface area contributed by atoms with E-state index in [2.05, 4.69) is 27.1 Å². The minimum Gasteiger partial charge on any atom is -0.377 e. The van der Waals surface area contributed by atoms with E-state index < -0.39 is 0 Å². The zero-order valence-electron chi connectivity index (χ0n) is 12.0. The van der Waals surface area contributed by atoms with Crippen molar-refractivity contribution in [1.82, 2.24) is 9.97 Å². The monoisotopic (exact) mass is 252 g/mol. The quantitative estimate of drug-likeness (QED) is 0.805. The van der Waals surface area contributed by atoms with Crippen LogP contribution in [0.2, 0.25) is 0 Å². The molecule has 1 aromatic heterocycles. The average molecular weight is 252 g/mol. The van der Waals surface area contributed by atoms with Crippen molar-refractivity contribution in [2.24, 2.45) is 0 Å². The fraction of sp³-hybridized carbons (Fsp3) is 0.692. The molecule has 0 saturated heterocycles. The Kier molecular flexibility index (Phi) is 5.85. The third-order valence-corrected chi connectivity index (χ3v) is 2.45. The van der Waals surface area contributed by atoms with Gasteiger partial charge in [-0.3, -0.25) is 0 Å². The van der Waals surface area contributed by atoms with Crippen LogP contribution in [0.4, 0.5) is 11.6 Å². The number of hydrogen-bond donors (Lipinski definition) is 1. The normalized spacial score (nSPS) is 10.8. The van der Waals surface area contributed by atoms with E-state index in [0.717, 1.165) is 30.5 Å². The molecule has 102 valence electrons. The molecule has 5 nitrogen and oxygen atoms in total. The lowest BCUT2D eigenvalue weighted by molar-refractivity contribution is 0.0845. The summed E-state index contributed by atoms with van der Waals surface area (Å²) in [7, 11) is 2.02. The number of aromatic nitrogens is 2. The Hall–Kier alpha value is -1.36. The predicted octanol–water partition coefficient (Wildman–Crippen LogP) is 2.08. The predicted molar refractivity (Wildman–Crippen MR) is 75.3 cm³/mol. The van der Waals surface area contributed by atoms with Crippen LogP contribution in [0.3, 0.4) is 0 Å². The van der Waals surface area contributed by atoms with E-state index >= 15 is 0 Å². The lowest BCUT2D eigenvalue weighted by atomic mass is 10.4. The number of hydrogen-bond acceptors (Lipinski definition) is 5. The Morgan fingerprint density at radius 2 is 2.11 bits per heavy atom. The Labute approximate surface area is 110 Å². The molecule has 0 saturated carbocycles. The molecule has 0 unspecified atom stereocenters. The van der Waals surface area contributed by atoms with Crippen LogP contribution in [0.5, 0.6) is 0 Å². The molecule has 0 amide bonds. The number of anilines is 2. The van der Waals surface area contributed by atoms with Gasteiger partial charge in [-0.1, -0.05) is 0 Å². The van der Waals surface area contributed by atoms with Gasteiger partial charge in [0.25, 0.3) is 0 Å². The molecule has 0 radical (unpaired) electrons. The van der Waals surface area contributed by atoms with E-state index in [4.69, 9.17) is 4.74 Å². The summed E-state index contributed by atoms with van der Waals surface area (Å²) in [6, 6.07) is 1.96. The van der Waals surface area contributed by atoms with Crippen molar-refractivity contribution in [2.75, 3.05) is 37.0 Å². The van der Waals surface area contributed by atoms with Crippen LogP contribution in [-0.4, -0.2) is 42.8 Å². The van der Waals surface area contributed by atoms with Crippen LogP contribution in [0, 0.1) is 6.92 Å². The molecule has 0 atom stereocenters. The number of nitrogens with one attached hydrogen (secondary N) is 1. The fourth-order valence-corrected chi connectivity index (χ4v) is 1.56. The molecule has 1 aromatic rings. The van der Waals surface area contributed by atoms with Crippen LogP contribution in [0.15, 0.2) is 6.07 Å². The average Bonchev–Trinajstić information content (AvgIpc) is 2.28. The van der Waals surface area contributed by atoms with E-state index in [0.29, 0.717) is 6.61 Å². The van der Waals surface area contributed by atoms with Gasteiger partial charge in [-0.15, -0.1) is 0 Å². The van der Waals surface area contributed by atoms with Gasteiger partial charge in [0.1, 0.15) is 17.5 Å². The van der Waals surface area contributed by atoms with Crippen LogP contribution in [0.1, 0.15) is 26.6 Å². The second-order valence-electron chi connectivity index (χ2n) is 4.53. The third kappa shape index (κ3) is 4.87. The molecule has 1 N–H and O–H groups in total. The molecule has 0 aliphatic carbocycles. The van der Waals surface area contributed by atoms with Crippen molar-refractivity contribution in [3.05, 3.63) is 11.9 Å². The van der Waals surface area contributed by atoms with Crippen molar-refractivity contribution in [3.63, 3.8) is 0 Å². The molecule has 0 bridgehead atoms. The van der Waals surface area contributed by atoms with Gasteiger partial charge in [-0.2, -0.15) is 0 Å². The van der Waals surface area contributed by atoms with E-state index in [1.807, 2.05) is 33.9 Å². The maximum Gasteiger partial charge on any atom is 0.134 e. The van der Waals surface area contributed by atoms with Gasteiger partial charge in [0.05, 0.1) is 12.7 Å². The van der Waals surface area contributed by atoms with Crippen molar-refractivity contribution in [1.29, 1.82) is 0 Å². The standard InChI is InChI=1S/C13H24N4O/c1-6-14-12-9-13(16-11(4)15-12)17(5)7-8-18-10(2)3/h9-10H,6-8H2,1-5H3,(H,14,15,16). The molecule has 5 heteroatoms. The molecule has 1 rings (SSSR count). The maximum absolute atomic E-state index is 5.54. The Morgan fingerprint density at radius 3 is 2.72 bits per heavy atom. The maximum atomic E-state index is 5.54. The molecule has 18 heavy (non-hydrogen) atoms. The highest BCUT2D eigenvalue weighted by Gasteiger charge is 2.06. The first-order chi connectivity index (χ1) is 8.52. The highest BCUT2D eigenvalue weighted by atomic mass is 16.5. The molecular formula is C13H24N4O. The van der Waals surface area contributed by atoms with Crippen molar-refractivity contribution < 1.29 is 4.74 Å². The highest BCUT2D eigenvalue weighted by molar-refractivity contribution is 5.48. The van der Waals surface area contributed by atoms with Crippen LogP contribution >= 0.6 is 0 Å². The summed E-state index contributed by atoms with van der Waals surface area (Å²) in [5, 5.41) is 3.21. The van der Waals surface area contributed by atoms with Crippen molar-refractivity contribution >= 4 is 11.6 Å². The van der Waals surface area contributed by atoms with Gasteiger partial charge in [0.15, 0.2) is 0 Å². The summed E-state index contributed by atoms with van der Waals surface area (Å²) in [6.45, 7) is 10.4. The first-order valence-electron chi connectivity index (χ1n) is 6.45. The number of aryl methyl sites for hydroxylation is 1. The summed E-state index contributed by atoms with van der Waals surface area (Å²) in [5.74, 6) is 2.57. The summed E-state index contributed by atoms with van der Waals surface area (Å²) >= 11 is 0. The smallest absolute Gasteiger partial charge is 0.134 e. The molecule has 0 aliphatic heterocycles. The molecule has 0 fully saturated rings. The lowest BCUT2D eigenvalue weighted by Gasteiger charge is -2.20. The third-order valence-electron chi connectivity index (χ3n) is 2.45. The number of likely N-dealkylation sites (N-methyl/N-ethyl adjacent to an activating group) is 1. The molecule has 0 aromatic carbocycles. The number of nitrogens with zero attached hydrogens (tertiary/aromatic N) is 3. The molecular weight excluding hydrogens is 228 g/mol. The minimum absolute atomic E-state index is 0.267. The highest BCUT2D eigenvalue weighted by Crippen LogP contribution is 2.14. The molecule has 1 heterocycles. The van der Waals surface area contributed by atoms with Crippen LogP contribution in [0.25, 0.3) is 0 Å². The number of ether oxygens (including phenoxy) is 1. The van der Waals surface area contributed by atoms with Gasteiger partial charge < -0.3 is 15.0 Å². The van der Waals surface area contributed by atoms with E-state index in [1.165, 1.54) is 0 Å². The van der Waals surface area contributed by atoms with Gasteiger partial charge in [-0.25, -0.2) is 9.97 Å². The first kappa shape index (κ1) is 14.7. The first-order valence-corrected chi connectivity index (χ1v) is 6.45. The summed E-state index contributed by atoms with van der Waals surface area (Å²) < 4.78 is 5.54.